The van der Waals surface area contributed by atoms with E-state index in [2.05, 4.69) is 22.2 Å². The standard InChI is InChI=1S/C17H26N4O2/c1-13-4-3-5-16(18-13)19-17(22)21(10-14-6-7-14)12-15-11-20(2)8-9-23-15/h3-5,14-15H,6-12H2,1-2H3,(H,18,19,22)/t15-/m1/s1. The number of pyridine rings is 1. The van der Waals surface area contributed by atoms with Gasteiger partial charge in [-0.15, -0.1) is 0 Å². The van der Waals surface area contributed by atoms with Crippen LogP contribution in [-0.4, -0.2) is 66.8 Å². The summed E-state index contributed by atoms with van der Waals surface area (Å²) in [7, 11) is 2.09. The molecule has 1 aliphatic carbocycles. The van der Waals surface area contributed by atoms with Gasteiger partial charge >= 0.3 is 6.03 Å². The number of rotatable bonds is 5. The summed E-state index contributed by atoms with van der Waals surface area (Å²) in [5, 5.41) is 2.92. The number of morpholine rings is 1. The number of carbonyl (C=O) groups excluding carboxylic acids is 1. The van der Waals surface area contributed by atoms with Crippen LogP contribution in [0.5, 0.6) is 0 Å². The number of ether oxygens (including phenoxy) is 1. The minimum atomic E-state index is -0.0770. The van der Waals surface area contributed by atoms with Gasteiger partial charge < -0.3 is 14.5 Å². The first-order valence-corrected chi connectivity index (χ1v) is 8.40. The quantitative estimate of drug-likeness (QED) is 0.902. The summed E-state index contributed by atoms with van der Waals surface area (Å²) in [6.45, 7) is 5.93. The number of nitrogens with zero attached hydrogens (tertiary/aromatic N) is 3. The van der Waals surface area contributed by atoms with Gasteiger partial charge in [-0.25, -0.2) is 9.78 Å². The second-order valence-electron chi connectivity index (χ2n) is 6.70. The zero-order valence-electron chi connectivity index (χ0n) is 14.0. The van der Waals surface area contributed by atoms with Crippen LogP contribution in [0, 0.1) is 12.8 Å². The Kier molecular flexibility index (Phi) is 5.13. The lowest BCUT2D eigenvalue weighted by molar-refractivity contribution is -0.0302. The van der Waals surface area contributed by atoms with Crippen LogP contribution in [0.15, 0.2) is 18.2 Å². The molecule has 2 aliphatic rings. The monoisotopic (exact) mass is 318 g/mol. The van der Waals surface area contributed by atoms with Crippen molar-refractivity contribution in [3.05, 3.63) is 23.9 Å². The summed E-state index contributed by atoms with van der Waals surface area (Å²) in [6, 6.07) is 5.57. The fraction of sp³-hybridized carbons (Fsp3) is 0.647. The third-order valence-corrected chi connectivity index (χ3v) is 4.35. The van der Waals surface area contributed by atoms with E-state index < -0.39 is 0 Å². The van der Waals surface area contributed by atoms with Gasteiger partial charge in [-0.05, 0) is 44.9 Å². The van der Waals surface area contributed by atoms with E-state index in [0.717, 1.165) is 31.9 Å². The lowest BCUT2D eigenvalue weighted by Crippen LogP contribution is -2.49. The molecule has 1 aliphatic heterocycles. The van der Waals surface area contributed by atoms with Gasteiger partial charge in [0, 0.05) is 31.9 Å². The summed E-state index contributed by atoms with van der Waals surface area (Å²) in [6.07, 6.45) is 2.53. The highest BCUT2D eigenvalue weighted by molar-refractivity contribution is 5.88. The van der Waals surface area contributed by atoms with Crippen LogP contribution in [0.3, 0.4) is 0 Å². The largest absolute Gasteiger partial charge is 0.374 e. The number of anilines is 1. The molecular formula is C17H26N4O2. The van der Waals surface area contributed by atoms with Crippen molar-refractivity contribution in [1.29, 1.82) is 0 Å². The fourth-order valence-corrected chi connectivity index (χ4v) is 2.88. The zero-order valence-corrected chi connectivity index (χ0v) is 14.0. The van der Waals surface area contributed by atoms with Gasteiger partial charge in [0.1, 0.15) is 5.82 Å². The lowest BCUT2D eigenvalue weighted by Gasteiger charge is -2.34. The molecule has 2 amide bonds. The van der Waals surface area contributed by atoms with Crippen LogP contribution < -0.4 is 5.32 Å². The van der Waals surface area contributed by atoms with Crippen LogP contribution in [-0.2, 0) is 4.74 Å². The van der Waals surface area contributed by atoms with Crippen molar-refractivity contribution < 1.29 is 9.53 Å². The highest BCUT2D eigenvalue weighted by Crippen LogP contribution is 2.30. The van der Waals surface area contributed by atoms with Crippen molar-refractivity contribution in [2.75, 3.05) is 45.2 Å². The predicted molar refractivity (Wildman–Crippen MR) is 89.5 cm³/mol. The Bertz CT molecular complexity index is 547. The fourth-order valence-electron chi connectivity index (χ4n) is 2.88. The minimum Gasteiger partial charge on any atom is -0.374 e. The van der Waals surface area contributed by atoms with E-state index in [0.29, 0.717) is 18.3 Å². The first-order chi connectivity index (χ1) is 11.1. The van der Waals surface area contributed by atoms with Gasteiger partial charge in [0.05, 0.1) is 12.7 Å². The van der Waals surface area contributed by atoms with Crippen LogP contribution >= 0.6 is 0 Å². The van der Waals surface area contributed by atoms with Crippen molar-refractivity contribution >= 4 is 11.8 Å². The third kappa shape index (κ3) is 4.91. The van der Waals surface area contributed by atoms with E-state index in [9.17, 15) is 4.79 Å². The summed E-state index contributed by atoms with van der Waals surface area (Å²) in [5.74, 6) is 1.25. The van der Waals surface area contributed by atoms with Gasteiger partial charge in [0.25, 0.3) is 0 Å². The first-order valence-electron chi connectivity index (χ1n) is 8.40. The Morgan fingerprint density at radius 1 is 1.43 bits per heavy atom. The van der Waals surface area contributed by atoms with Crippen molar-refractivity contribution in [3.63, 3.8) is 0 Å². The number of aryl methyl sites for hydroxylation is 1. The number of urea groups is 1. The number of aromatic nitrogens is 1. The molecule has 0 radical (unpaired) electrons. The van der Waals surface area contributed by atoms with Crippen molar-refractivity contribution in [2.24, 2.45) is 5.92 Å². The molecule has 1 N–H and O–H groups in total. The summed E-state index contributed by atoms with van der Waals surface area (Å²) < 4.78 is 5.82. The van der Waals surface area contributed by atoms with Crippen LogP contribution in [0.1, 0.15) is 18.5 Å². The van der Waals surface area contributed by atoms with Gasteiger partial charge in [-0.2, -0.15) is 0 Å². The molecule has 0 aromatic carbocycles. The van der Waals surface area contributed by atoms with Crippen LogP contribution in [0.2, 0.25) is 0 Å². The number of nitrogens with one attached hydrogen (secondary N) is 1. The Balaban J connectivity index is 1.61. The second kappa shape index (κ2) is 7.27. The van der Waals surface area contributed by atoms with Crippen LogP contribution in [0.25, 0.3) is 0 Å². The first kappa shape index (κ1) is 16.2. The maximum absolute atomic E-state index is 12.6. The molecule has 23 heavy (non-hydrogen) atoms. The molecule has 3 rings (SSSR count). The lowest BCUT2D eigenvalue weighted by atomic mass is 10.2. The Morgan fingerprint density at radius 3 is 2.96 bits per heavy atom. The number of likely N-dealkylation sites (N-methyl/N-ethyl adjacent to an activating group) is 1. The van der Waals surface area contributed by atoms with E-state index in [1.165, 1.54) is 12.8 Å². The van der Waals surface area contributed by atoms with Crippen LogP contribution in [0.4, 0.5) is 10.6 Å². The Morgan fingerprint density at radius 2 is 2.26 bits per heavy atom. The Labute approximate surface area is 137 Å². The van der Waals surface area contributed by atoms with Gasteiger partial charge in [0.2, 0.25) is 0 Å². The smallest absolute Gasteiger partial charge is 0.323 e. The van der Waals surface area contributed by atoms with E-state index in [1.807, 2.05) is 30.0 Å². The molecular weight excluding hydrogens is 292 g/mol. The average molecular weight is 318 g/mol. The van der Waals surface area contributed by atoms with Crippen molar-refractivity contribution in [3.8, 4) is 0 Å². The summed E-state index contributed by atoms with van der Waals surface area (Å²) in [4.78, 5) is 21.1. The Hall–Kier alpha value is -1.66. The van der Waals surface area contributed by atoms with Gasteiger partial charge in [0.15, 0.2) is 0 Å². The van der Waals surface area contributed by atoms with Gasteiger partial charge in [-0.1, -0.05) is 6.07 Å². The molecule has 126 valence electrons. The molecule has 1 aromatic heterocycles. The average Bonchev–Trinajstić information content (AvgIpc) is 3.31. The topological polar surface area (TPSA) is 57.7 Å². The minimum absolute atomic E-state index is 0.0770. The van der Waals surface area contributed by atoms with E-state index in [4.69, 9.17) is 4.74 Å². The molecule has 0 bridgehead atoms. The van der Waals surface area contributed by atoms with E-state index in [1.54, 1.807) is 0 Å². The molecule has 6 heteroatoms. The molecule has 1 saturated carbocycles. The molecule has 1 atom stereocenters. The second-order valence-corrected chi connectivity index (χ2v) is 6.70. The molecule has 1 saturated heterocycles. The molecule has 0 unspecified atom stereocenters. The normalized spacial score (nSPS) is 21.9. The molecule has 6 nitrogen and oxygen atoms in total. The van der Waals surface area contributed by atoms with Crippen molar-refractivity contribution in [2.45, 2.75) is 25.9 Å². The zero-order chi connectivity index (χ0) is 16.2. The number of carbonyl (C=O) groups is 1. The van der Waals surface area contributed by atoms with Crippen molar-refractivity contribution in [1.82, 2.24) is 14.8 Å². The molecule has 1 aromatic rings. The number of hydrogen-bond donors (Lipinski definition) is 1. The number of hydrogen-bond acceptors (Lipinski definition) is 4. The number of amides is 2. The highest BCUT2D eigenvalue weighted by Gasteiger charge is 2.30. The third-order valence-electron chi connectivity index (χ3n) is 4.35. The molecule has 0 spiro atoms. The summed E-state index contributed by atoms with van der Waals surface area (Å²) >= 11 is 0. The van der Waals surface area contributed by atoms with E-state index >= 15 is 0 Å². The summed E-state index contributed by atoms with van der Waals surface area (Å²) in [5.41, 5.74) is 0.897. The molecule has 2 heterocycles. The maximum Gasteiger partial charge on any atom is 0.323 e. The SMILES string of the molecule is Cc1cccc(NC(=O)N(CC2CC2)C[C@H]2CN(C)CCO2)n1. The molecule has 2 fully saturated rings. The highest BCUT2D eigenvalue weighted by atomic mass is 16.5. The van der Waals surface area contributed by atoms with E-state index in [-0.39, 0.29) is 12.1 Å². The maximum atomic E-state index is 12.6. The van der Waals surface area contributed by atoms with Gasteiger partial charge in [-0.3, -0.25) is 5.32 Å². The predicted octanol–water partition coefficient (Wildman–Crippen LogP) is 1.96.